The summed E-state index contributed by atoms with van der Waals surface area (Å²) in [4.78, 5) is 12.7. The van der Waals surface area contributed by atoms with Gasteiger partial charge in [-0.3, -0.25) is 0 Å². The summed E-state index contributed by atoms with van der Waals surface area (Å²) in [5, 5.41) is 9.90. The van der Waals surface area contributed by atoms with Crippen molar-refractivity contribution in [1.29, 1.82) is 5.26 Å². The first-order valence-electron chi connectivity index (χ1n) is 8.12. The maximum absolute atomic E-state index is 13.6. The molecule has 2 aromatic carbocycles. The second-order valence-corrected chi connectivity index (χ2v) is 6.14. The van der Waals surface area contributed by atoms with Crippen LogP contribution in [-0.4, -0.2) is 0 Å². The number of allylic oxidation sites excluding steroid dienone is 1. The van der Waals surface area contributed by atoms with Crippen LogP contribution < -0.4 is 16.1 Å². The number of nitriles is 1. The van der Waals surface area contributed by atoms with E-state index in [0.717, 1.165) is 6.07 Å². The summed E-state index contributed by atoms with van der Waals surface area (Å²) in [7, 11) is 0. The van der Waals surface area contributed by atoms with E-state index >= 15 is 0 Å². The van der Waals surface area contributed by atoms with Crippen molar-refractivity contribution in [3.05, 3.63) is 87.1 Å². The number of ether oxygens (including phenoxy) is 1. The quantitative estimate of drug-likeness (QED) is 0.640. The summed E-state index contributed by atoms with van der Waals surface area (Å²) in [5.41, 5.74) is 3.43. The molecule has 0 radical (unpaired) electrons. The Morgan fingerprint density at radius 2 is 1.75 bits per heavy atom. The topological polar surface area (TPSA) is 89.3 Å². The van der Waals surface area contributed by atoms with Crippen molar-refractivity contribution in [2.45, 2.75) is 12.1 Å². The van der Waals surface area contributed by atoms with Gasteiger partial charge in [-0.1, -0.05) is 30.3 Å². The van der Waals surface area contributed by atoms with Crippen LogP contribution in [0.1, 0.15) is 22.6 Å². The molecule has 0 spiro atoms. The van der Waals surface area contributed by atoms with E-state index in [4.69, 9.17) is 14.9 Å². The lowest BCUT2D eigenvalue weighted by Crippen LogP contribution is -2.27. The van der Waals surface area contributed by atoms with Gasteiger partial charge in [0.25, 0.3) is 0 Å². The van der Waals surface area contributed by atoms with Crippen molar-refractivity contribution in [2.24, 2.45) is 5.73 Å². The van der Waals surface area contributed by atoms with Gasteiger partial charge in [-0.15, -0.1) is 0 Å². The van der Waals surface area contributed by atoms with Crippen LogP contribution in [-0.2, 0) is 6.18 Å². The molecule has 0 amide bonds. The Morgan fingerprint density at radius 3 is 2.46 bits per heavy atom. The maximum Gasteiger partial charge on any atom is 0.416 e. The van der Waals surface area contributed by atoms with Gasteiger partial charge in [0.15, 0.2) is 5.75 Å². The van der Waals surface area contributed by atoms with E-state index in [1.807, 2.05) is 0 Å². The van der Waals surface area contributed by atoms with E-state index in [1.165, 1.54) is 24.3 Å². The highest BCUT2D eigenvalue weighted by Crippen LogP contribution is 2.46. The predicted octanol–water partition coefficient (Wildman–Crippen LogP) is 4.03. The van der Waals surface area contributed by atoms with Gasteiger partial charge in [0.2, 0.25) is 5.88 Å². The molecule has 28 heavy (non-hydrogen) atoms. The zero-order chi connectivity index (χ0) is 20.1. The SMILES string of the molecule is N#CC1=C(N)Oc2c(c(=O)oc3ccccc23)[C@H]1c1ccccc1C(F)(F)F. The maximum atomic E-state index is 13.6. The first-order chi connectivity index (χ1) is 13.3. The molecule has 0 bridgehead atoms. The first-order valence-corrected chi connectivity index (χ1v) is 8.12. The number of alkyl halides is 3. The zero-order valence-corrected chi connectivity index (χ0v) is 14.1. The molecular weight excluding hydrogens is 373 g/mol. The molecule has 1 aliphatic heterocycles. The molecule has 3 aromatic rings. The molecule has 4 rings (SSSR count). The van der Waals surface area contributed by atoms with Crippen molar-refractivity contribution < 1.29 is 22.3 Å². The third-order valence-electron chi connectivity index (χ3n) is 4.55. The van der Waals surface area contributed by atoms with Crippen LogP contribution in [0.2, 0.25) is 0 Å². The highest BCUT2D eigenvalue weighted by molar-refractivity contribution is 5.86. The van der Waals surface area contributed by atoms with Crippen LogP contribution in [0.25, 0.3) is 11.0 Å². The lowest BCUT2D eigenvalue weighted by Gasteiger charge is -2.27. The molecule has 0 aliphatic carbocycles. The number of fused-ring (bicyclic) bond motifs is 3. The minimum absolute atomic E-state index is 0.00896. The Kier molecular flexibility index (Phi) is 3.89. The predicted molar refractivity (Wildman–Crippen MR) is 93.2 cm³/mol. The third-order valence-corrected chi connectivity index (χ3v) is 4.55. The molecule has 0 saturated carbocycles. The minimum atomic E-state index is -4.69. The fourth-order valence-corrected chi connectivity index (χ4v) is 3.38. The van der Waals surface area contributed by atoms with E-state index in [1.54, 1.807) is 24.3 Å². The number of para-hydroxylation sites is 1. The Labute approximate surface area is 156 Å². The number of hydrogen-bond acceptors (Lipinski definition) is 5. The molecule has 0 saturated heterocycles. The largest absolute Gasteiger partial charge is 0.439 e. The van der Waals surface area contributed by atoms with Crippen molar-refractivity contribution in [3.8, 4) is 11.8 Å². The number of hydrogen-bond donors (Lipinski definition) is 1. The number of rotatable bonds is 1. The average molecular weight is 384 g/mol. The van der Waals surface area contributed by atoms with Gasteiger partial charge in [-0.05, 0) is 23.8 Å². The summed E-state index contributed by atoms with van der Waals surface area (Å²) in [6, 6.07) is 12.9. The molecule has 5 nitrogen and oxygen atoms in total. The lowest BCUT2D eigenvalue weighted by atomic mass is 9.81. The van der Waals surface area contributed by atoms with Crippen LogP contribution in [0, 0.1) is 11.3 Å². The molecule has 2 N–H and O–H groups in total. The standard InChI is InChI=1S/C20H11F3N2O3/c21-20(22,23)13-7-3-1-5-10(13)15-12(9-24)18(25)28-17-11-6-2-4-8-14(11)27-19(26)16(15)17/h1-8,15H,25H2/t15-/m0/s1. The van der Waals surface area contributed by atoms with Crippen LogP contribution in [0.15, 0.2) is 69.2 Å². The summed E-state index contributed by atoms with van der Waals surface area (Å²) in [6.45, 7) is 0. The Hall–Kier alpha value is -3.73. The number of halogens is 3. The fraction of sp³-hybridized carbons (Fsp3) is 0.100. The monoisotopic (exact) mass is 384 g/mol. The molecule has 8 heteroatoms. The second kappa shape index (κ2) is 6.16. The van der Waals surface area contributed by atoms with Gasteiger partial charge in [-0.2, -0.15) is 18.4 Å². The van der Waals surface area contributed by atoms with Gasteiger partial charge in [0.1, 0.15) is 17.2 Å². The van der Waals surface area contributed by atoms with E-state index in [2.05, 4.69) is 0 Å². The van der Waals surface area contributed by atoms with Gasteiger partial charge in [-0.25, -0.2) is 4.79 Å². The highest BCUT2D eigenvalue weighted by Gasteiger charge is 2.41. The van der Waals surface area contributed by atoms with Crippen molar-refractivity contribution in [2.75, 3.05) is 0 Å². The van der Waals surface area contributed by atoms with E-state index < -0.39 is 23.3 Å². The van der Waals surface area contributed by atoms with Crippen LogP contribution >= 0.6 is 0 Å². The van der Waals surface area contributed by atoms with Crippen molar-refractivity contribution >= 4 is 11.0 Å². The number of benzene rings is 2. The summed E-state index contributed by atoms with van der Waals surface area (Å²) >= 11 is 0. The minimum Gasteiger partial charge on any atom is -0.439 e. The summed E-state index contributed by atoms with van der Waals surface area (Å²) in [5.74, 6) is -1.73. The van der Waals surface area contributed by atoms with Crippen LogP contribution in [0.5, 0.6) is 5.75 Å². The van der Waals surface area contributed by atoms with Gasteiger partial charge < -0.3 is 14.9 Å². The smallest absolute Gasteiger partial charge is 0.416 e. The molecule has 0 unspecified atom stereocenters. The van der Waals surface area contributed by atoms with Gasteiger partial charge in [0.05, 0.1) is 22.4 Å². The molecule has 2 heterocycles. The lowest BCUT2D eigenvalue weighted by molar-refractivity contribution is -0.138. The highest BCUT2D eigenvalue weighted by atomic mass is 19.4. The fourth-order valence-electron chi connectivity index (χ4n) is 3.38. The van der Waals surface area contributed by atoms with E-state index in [-0.39, 0.29) is 33.9 Å². The van der Waals surface area contributed by atoms with Crippen LogP contribution in [0.3, 0.4) is 0 Å². The van der Waals surface area contributed by atoms with E-state index in [9.17, 15) is 23.2 Å². The van der Waals surface area contributed by atoms with Gasteiger partial charge in [0, 0.05) is 0 Å². The van der Waals surface area contributed by atoms with Crippen LogP contribution in [0.4, 0.5) is 13.2 Å². The normalized spacial score (nSPS) is 16.4. The van der Waals surface area contributed by atoms with Gasteiger partial charge >= 0.3 is 11.8 Å². The Bertz CT molecular complexity index is 1240. The molecule has 140 valence electrons. The molecule has 1 atom stereocenters. The molecule has 1 aromatic heterocycles. The summed E-state index contributed by atoms with van der Waals surface area (Å²) in [6.07, 6.45) is -4.69. The molecule has 0 fully saturated rings. The van der Waals surface area contributed by atoms with Crippen molar-refractivity contribution in [1.82, 2.24) is 0 Å². The first kappa shape index (κ1) is 17.7. The summed E-state index contributed by atoms with van der Waals surface area (Å²) < 4.78 is 51.6. The second-order valence-electron chi connectivity index (χ2n) is 6.14. The Morgan fingerprint density at radius 1 is 1.07 bits per heavy atom. The van der Waals surface area contributed by atoms with E-state index in [0.29, 0.717) is 5.39 Å². The number of nitrogens with zero attached hydrogens (tertiary/aromatic N) is 1. The zero-order valence-electron chi connectivity index (χ0n) is 14.1. The number of nitrogens with two attached hydrogens (primary N) is 1. The average Bonchev–Trinajstić information content (AvgIpc) is 2.66. The molecular formula is C20H11F3N2O3. The third kappa shape index (κ3) is 2.60. The van der Waals surface area contributed by atoms with Crippen molar-refractivity contribution in [3.63, 3.8) is 0 Å². The Balaban J connectivity index is 2.12. The molecule has 1 aliphatic rings.